The van der Waals surface area contributed by atoms with Crippen molar-refractivity contribution in [2.45, 2.75) is 82.1 Å². The molecule has 2 aliphatic rings. The van der Waals surface area contributed by atoms with Crippen LogP contribution in [-0.4, -0.2) is 42.9 Å². The van der Waals surface area contributed by atoms with E-state index in [2.05, 4.69) is 19.2 Å². The first-order chi connectivity index (χ1) is 9.87. The number of nitrogens with one attached hydrogen (secondary N) is 1. The van der Waals surface area contributed by atoms with E-state index >= 15 is 0 Å². The molecule has 0 saturated heterocycles. The van der Waals surface area contributed by atoms with Crippen LogP contribution in [0, 0.1) is 0 Å². The Morgan fingerprint density at radius 1 is 1.38 bits per heavy atom. The van der Waals surface area contributed by atoms with Gasteiger partial charge >= 0.3 is 0 Å². The summed E-state index contributed by atoms with van der Waals surface area (Å²) >= 11 is 0. The molecule has 0 aromatic rings. The number of carbonyl (C=O) groups is 1. The first-order valence-corrected chi connectivity index (χ1v) is 8.11. The smallest absolute Gasteiger partial charge is 0.237 e. The van der Waals surface area contributed by atoms with E-state index < -0.39 is 5.54 Å². The van der Waals surface area contributed by atoms with Crippen molar-refractivity contribution < 1.29 is 14.3 Å². The van der Waals surface area contributed by atoms with Gasteiger partial charge in [0.2, 0.25) is 5.91 Å². The Morgan fingerprint density at radius 3 is 2.67 bits per heavy atom. The number of primary amides is 1. The van der Waals surface area contributed by atoms with Gasteiger partial charge in [-0.15, -0.1) is 0 Å². The van der Waals surface area contributed by atoms with Crippen LogP contribution >= 0.6 is 0 Å². The van der Waals surface area contributed by atoms with E-state index in [-0.39, 0.29) is 17.6 Å². The lowest BCUT2D eigenvalue weighted by atomic mass is 9.79. The van der Waals surface area contributed by atoms with Crippen LogP contribution < -0.4 is 11.1 Å². The first-order valence-electron chi connectivity index (χ1n) is 8.11. The third kappa shape index (κ3) is 4.66. The van der Waals surface area contributed by atoms with Gasteiger partial charge in [-0.3, -0.25) is 4.79 Å². The van der Waals surface area contributed by atoms with Crippen LogP contribution in [0.2, 0.25) is 0 Å². The molecule has 2 saturated carbocycles. The van der Waals surface area contributed by atoms with Gasteiger partial charge in [0.05, 0.1) is 11.7 Å². The third-order valence-corrected chi connectivity index (χ3v) is 4.85. The number of hydrogen-bond donors (Lipinski definition) is 2. The van der Waals surface area contributed by atoms with E-state index in [1.807, 2.05) is 0 Å². The van der Waals surface area contributed by atoms with Gasteiger partial charge in [0, 0.05) is 26.2 Å². The van der Waals surface area contributed by atoms with Crippen LogP contribution in [0.25, 0.3) is 0 Å². The molecule has 0 heterocycles. The predicted molar refractivity (Wildman–Crippen MR) is 82.0 cm³/mol. The molecule has 0 radical (unpaired) electrons. The molecule has 1 amide bonds. The molecule has 122 valence electrons. The Balaban J connectivity index is 1.85. The van der Waals surface area contributed by atoms with E-state index in [1.54, 1.807) is 7.11 Å². The maximum absolute atomic E-state index is 11.9. The summed E-state index contributed by atoms with van der Waals surface area (Å²) in [5.74, 6) is -0.222. The second kappa shape index (κ2) is 6.63. The topological polar surface area (TPSA) is 73.6 Å². The normalized spacial score (nSPS) is 30.3. The Morgan fingerprint density at radius 2 is 2.10 bits per heavy atom. The van der Waals surface area contributed by atoms with Gasteiger partial charge in [-0.05, 0) is 52.4 Å². The number of amides is 1. The minimum atomic E-state index is -0.555. The molecule has 0 aromatic carbocycles. The molecule has 0 aliphatic heterocycles. The molecule has 2 rings (SSSR count). The minimum absolute atomic E-state index is 0.116. The highest BCUT2D eigenvalue weighted by Crippen LogP contribution is 2.34. The summed E-state index contributed by atoms with van der Waals surface area (Å²) in [6.07, 6.45) is 6.81. The second-order valence-corrected chi connectivity index (χ2v) is 7.17. The summed E-state index contributed by atoms with van der Waals surface area (Å²) in [4.78, 5) is 11.9. The van der Waals surface area contributed by atoms with E-state index in [0.29, 0.717) is 19.1 Å². The van der Waals surface area contributed by atoms with Gasteiger partial charge in [-0.2, -0.15) is 0 Å². The zero-order valence-electron chi connectivity index (χ0n) is 13.6. The quantitative estimate of drug-likeness (QED) is 0.716. The van der Waals surface area contributed by atoms with E-state index in [9.17, 15) is 4.79 Å². The Kier molecular flexibility index (Phi) is 5.28. The molecule has 2 fully saturated rings. The Labute approximate surface area is 127 Å². The van der Waals surface area contributed by atoms with Crippen LogP contribution in [0.1, 0.15) is 58.8 Å². The predicted octanol–water partition coefficient (Wildman–Crippen LogP) is 1.74. The van der Waals surface area contributed by atoms with Crippen LogP contribution in [0.4, 0.5) is 0 Å². The van der Waals surface area contributed by atoms with Gasteiger partial charge < -0.3 is 20.5 Å². The van der Waals surface area contributed by atoms with Crippen molar-refractivity contribution in [1.82, 2.24) is 5.32 Å². The number of nitrogens with two attached hydrogens (primary N) is 1. The maximum Gasteiger partial charge on any atom is 0.237 e. The average molecular weight is 298 g/mol. The van der Waals surface area contributed by atoms with Crippen molar-refractivity contribution >= 4 is 5.91 Å². The fraction of sp³-hybridized carbons (Fsp3) is 0.938. The van der Waals surface area contributed by atoms with E-state index in [4.69, 9.17) is 15.2 Å². The largest absolute Gasteiger partial charge is 0.379 e. The van der Waals surface area contributed by atoms with Crippen molar-refractivity contribution in [3.63, 3.8) is 0 Å². The minimum Gasteiger partial charge on any atom is -0.379 e. The number of carbonyl (C=O) groups excluding carboxylic acids is 1. The third-order valence-electron chi connectivity index (χ3n) is 4.85. The number of rotatable bonds is 8. The molecule has 0 aromatic heterocycles. The standard InChI is InChI=1S/C16H30N2O3/c1-15(2,20-3)9-10-21-13-5-4-8-16(11-13,14(17)19)18-12-6-7-12/h12-13,18H,4-11H2,1-3H3,(H2,17,19). The van der Waals surface area contributed by atoms with Crippen molar-refractivity contribution in [2.24, 2.45) is 5.73 Å². The zero-order valence-corrected chi connectivity index (χ0v) is 13.6. The molecular formula is C16H30N2O3. The summed E-state index contributed by atoms with van der Waals surface area (Å²) in [5, 5.41) is 3.47. The van der Waals surface area contributed by atoms with Crippen LogP contribution in [0.5, 0.6) is 0 Å². The number of methoxy groups -OCH3 is 1. The van der Waals surface area contributed by atoms with Crippen molar-refractivity contribution in [1.29, 1.82) is 0 Å². The summed E-state index contributed by atoms with van der Waals surface area (Å²) < 4.78 is 11.4. The van der Waals surface area contributed by atoms with Crippen molar-refractivity contribution in [2.75, 3.05) is 13.7 Å². The van der Waals surface area contributed by atoms with E-state index in [1.165, 1.54) is 0 Å². The average Bonchev–Trinajstić information content (AvgIpc) is 3.22. The molecule has 3 N–H and O–H groups in total. The highest BCUT2D eigenvalue weighted by molar-refractivity contribution is 5.85. The van der Waals surface area contributed by atoms with Gasteiger partial charge in [-0.25, -0.2) is 0 Å². The van der Waals surface area contributed by atoms with Gasteiger partial charge in [0.1, 0.15) is 5.54 Å². The molecule has 0 bridgehead atoms. The molecule has 5 nitrogen and oxygen atoms in total. The highest BCUT2D eigenvalue weighted by Gasteiger charge is 2.44. The number of hydrogen-bond acceptors (Lipinski definition) is 4. The second-order valence-electron chi connectivity index (χ2n) is 7.17. The molecular weight excluding hydrogens is 268 g/mol. The summed E-state index contributed by atoms with van der Waals surface area (Å²) in [6.45, 7) is 4.77. The van der Waals surface area contributed by atoms with Gasteiger partial charge in [-0.1, -0.05) is 0 Å². The summed E-state index contributed by atoms with van der Waals surface area (Å²) in [7, 11) is 1.72. The van der Waals surface area contributed by atoms with Gasteiger partial charge in [0.15, 0.2) is 0 Å². The van der Waals surface area contributed by atoms with Crippen LogP contribution in [-0.2, 0) is 14.3 Å². The fourth-order valence-corrected chi connectivity index (χ4v) is 2.98. The Hall–Kier alpha value is -0.650. The van der Waals surface area contributed by atoms with Gasteiger partial charge in [0.25, 0.3) is 0 Å². The maximum atomic E-state index is 11.9. The summed E-state index contributed by atoms with van der Waals surface area (Å²) in [5.41, 5.74) is 4.96. The lowest BCUT2D eigenvalue weighted by molar-refractivity contribution is -0.129. The highest BCUT2D eigenvalue weighted by atomic mass is 16.5. The molecule has 0 spiro atoms. The van der Waals surface area contributed by atoms with E-state index in [0.717, 1.165) is 38.5 Å². The molecule has 5 heteroatoms. The van der Waals surface area contributed by atoms with Crippen molar-refractivity contribution in [3.8, 4) is 0 Å². The lowest BCUT2D eigenvalue weighted by Crippen LogP contribution is -2.59. The molecule has 2 atom stereocenters. The Bertz CT molecular complexity index is 369. The first kappa shape index (κ1) is 16.7. The summed E-state index contributed by atoms with van der Waals surface area (Å²) in [6, 6.07) is 0.476. The monoisotopic (exact) mass is 298 g/mol. The lowest BCUT2D eigenvalue weighted by Gasteiger charge is -2.39. The zero-order chi connectivity index (χ0) is 15.5. The fourth-order valence-electron chi connectivity index (χ4n) is 2.98. The van der Waals surface area contributed by atoms with Crippen LogP contribution in [0.15, 0.2) is 0 Å². The molecule has 21 heavy (non-hydrogen) atoms. The van der Waals surface area contributed by atoms with Crippen LogP contribution in [0.3, 0.4) is 0 Å². The van der Waals surface area contributed by atoms with Crippen molar-refractivity contribution in [3.05, 3.63) is 0 Å². The SMILES string of the molecule is COC(C)(C)CCOC1CCCC(NC2CC2)(C(N)=O)C1. The number of ether oxygens (including phenoxy) is 2. The molecule has 2 aliphatic carbocycles. The molecule has 2 unspecified atom stereocenters.